The molecule has 3 aromatic heterocycles. The highest BCUT2D eigenvalue weighted by atomic mass is 19.4. The molecule has 2 N–H and O–H groups in total. The zero-order chi connectivity index (χ0) is 25.1. The summed E-state index contributed by atoms with van der Waals surface area (Å²) < 4.78 is 91.9. The van der Waals surface area contributed by atoms with E-state index in [1.165, 1.54) is 6.07 Å². The van der Waals surface area contributed by atoms with Crippen LogP contribution in [0.2, 0.25) is 0 Å². The van der Waals surface area contributed by atoms with E-state index in [1.54, 1.807) is 10.7 Å². The van der Waals surface area contributed by atoms with Crippen molar-refractivity contribution in [2.45, 2.75) is 38.3 Å². The van der Waals surface area contributed by atoms with Crippen LogP contribution in [0.15, 0.2) is 36.7 Å². The second-order valence-electron chi connectivity index (χ2n) is 7.04. The van der Waals surface area contributed by atoms with E-state index in [0.29, 0.717) is 18.8 Å². The number of hydrogen-bond donors (Lipinski definition) is 1. The molecule has 1 aliphatic heterocycles. The fraction of sp³-hybridized carbons (Fsp3) is 0.300. The van der Waals surface area contributed by atoms with Crippen molar-refractivity contribution >= 4 is 5.91 Å². The number of alkyl halides is 6. The van der Waals surface area contributed by atoms with E-state index < -0.39 is 35.8 Å². The minimum absolute atomic E-state index is 0.0979. The first-order valence-electron chi connectivity index (χ1n) is 9.65. The molecule has 1 amide bonds. The molecule has 0 spiro atoms. The number of carbonyl (C=O) groups excluding carboxylic acids is 1. The number of carbonyl (C=O) groups is 1. The number of nitrogens with zero attached hydrogens (tertiary/aromatic N) is 4. The van der Waals surface area contributed by atoms with Crippen LogP contribution < -0.4 is 10.5 Å². The Bertz CT molecular complexity index is 1150. The van der Waals surface area contributed by atoms with Gasteiger partial charge < -0.3 is 10.5 Å². The van der Waals surface area contributed by atoms with E-state index >= 15 is 0 Å². The summed E-state index contributed by atoms with van der Waals surface area (Å²) in [5.41, 5.74) is 4.63. The second kappa shape index (κ2) is 9.65. The zero-order valence-electron chi connectivity index (χ0n) is 17.1. The normalized spacial score (nSPS) is 13.5. The highest BCUT2D eigenvalue weighted by Gasteiger charge is 2.34. The molecule has 0 aliphatic carbocycles. The number of hydrogen-bond acceptors (Lipinski definition) is 5. The number of nitrogens with two attached hydrogens (primary N) is 1. The third-order valence-corrected chi connectivity index (χ3v) is 4.58. The van der Waals surface area contributed by atoms with Crippen molar-refractivity contribution in [3.8, 4) is 17.1 Å². The Labute approximate surface area is 187 Å². The van der Waals surface area contributed by atoms with Crippen LogP contribution in [-0.2, 0) is 19.1 Å². The minimum Gasteiger partial charge on any atom is -0.388 e. The largest absolute Gasteiger partial charge is 0.574 e. The number of aryl methyl sites for hydroxylation is 2. The van der Waals surface area contributed by atoms with E-state index in [0.717, 1.165) is 37.2 Å². The smallest absolute Gasteiger partial charge is 0.388 e. The number of pyridine rings is 2. The van der Waals surface area contributed by atoms with Gasteiger partial charge in [0.05, 0.1) is 11.9 Å². The number of fused-ring (bicyclic) bond motifs is 1. The Morgan fingerprint density at radius 1 is 1.06 bits per heavy atom. The quantitative estimate of drug-likeness (QED) is 0.544. The van der Waals surface area contributed by atoms with Crippen molar-refractivity contribution in [2.24, 2.45) is 5.73 Å². The molecule has 4 rings (SSSR count). The van der Waals surface area contributed by atoms with E-state index in [2.05, 4.69) is 19.8 Å². The predicted molar refractivity (Wildman–Crippen MR) is 103 cm³/mol. The van der Waals surface area contributed by atoms with Crippen molar-refractivity contribution in [3.63, 3.8) is 0 Å². The van der Waals surface area contributed by atoms with Crippen LogP contribution in [0.3, 0.4) is 0 Å². The van der Waals surface area contributed by atoms with Gasteiger partial charge in [-0.25, -0.2) is 14.4 Å². The van der Waals surface area contributed by atoms with E-state index in [-0.39, 0.29) is 16.8 Å². The van der Waals surface area contributed by atoms with E-state index in [1.807, 2.05) is 0 Å². The maximum absolute atomic E-state index is 13.7. The fourth-order valence-corrected chi connectivity index (χ4v) is 3.08. The summed E-state index contributed by atoms with van der Waals surface area (Å²) >= 11 is 0. The first-order chi connectivity index (χ1) is 15.8. The minimum atomic E-state index is -4.83. The molecule has 4 heterocycles. The number of ether oxygens (including phenoxy) is 1. The monoisotopic (exact) mass is 491 g/mol. The third kappa shape index (κ3) is 6.42. The Hall–Kier alpha value is -3.71. The SMILES string of the molecule is Fc1cnc(C(F)(F)F)cc1-c1cc2n(n1)CCCC2.NC(=O)c1ccnc(OC(F)(F)F)c1. The van der Waals surface area contributed by atoms with E-state index in [9.17, 15) is 35.5 Å². The second-order valence-corrected chi connectivity index (χ2v) is 7.04. The number of amides is 1. The Morgan fingerprint density at radius 2 is 1.79 bits per heavy atom. The van der Waals surface area contributed by atoms with Gasteiger partial charge in [0.15, 0.2) is 5.82 Å². The van der Waals surface area contributed by atoms with Crippen molar-refractivity contribution in [3.05, 3.63) is 59.4 Å². The molecule has 0 radical (unpaired) electrons. The molecule has 0 bridgehead atoms. The van der Waals surface area contributed by atoms with Gasteiger partial charge in [-0.2, -0.15) is 18.3 Å². The van der Waals surface area contributed by atoms with Gasteiger partial charge in [-0.3, -0.25) is 9.48 Å². The van der Waals surface area contributed by atoms with Crippen LogP contribution in [0, 0.1) is 5.82 Å². The maximum Gasteiger partial charge on any atom is 0.574 e. The van der Waals surface area contributed by atoms with Crippen molar-refractivity contribution in [1.29, 1.82) is 0 Å². The lowest BCUT2D eigenvalue weighted by atomic mass is 10.1. The Kier molecular flexibility index (Phi) is 7.07. The molecular weight excluding hydrogens is 475 g/mol. The number of halogens is 7. The molecule has 0 unspecified atom stereocenters. The first-order valence-corrected chi connectivity index (χ1v) is 9.65. The van der Waals surface area contributed by atoms with Gasteiger partial charge in [-0.15, -0.1) is 13.2 Å². The van der Waals surface area contributed by atoms with Gasteiger partial charge in [0, 0.05) is 35.6 Å². The highest BCUT2D eigenvalue weighted by molar-refractivity contribution is 5.92. The summed E-state index contributed by atoms with van der Waals surface area (Å²) in [7, 11) is 0. The van der Waals surface area contributed by atoms with Crippen molar-refractivity contribution in [1.82, 2.24) is 19.7 Å². The van der Waals surface area contributed by atoms with Gasteiger partial charge in [0.2, 0.25) is 11.8 Å². The van der Waals surface area contributed by atoms with Crippen LogP contribution in [-0.4, -0.2) is 32.0 Å². The molecule has 7 nitrogen and oxygen atoms in total. The third-order valence-electron chi connectivity index (χ3n) is 4.58. The molecule has 34 heavy (non-hydrogen) atoms. The summed E-state index contributed by atoms with van der Waals surface area (Å²) in [5, 5.41) is 4.19. The van der Waals surface area contributed by atoms with Gasteiger partial charge in [0.1, 0.15) is 5.69 Å². The molecule has 3 aromatic rings. The summed E-state index contributed by atoms with van der Waals surface area (Å²) in [4.78, 5) is 16.9. The maximum atomic E-state index is 13.7. The molecule has 0 saturated heterocycles. The Morgan fingerprint density at radius 3 is 2.41 bits per heavy atom. The molecule has 0 atom stereocenters. The van der Waals surface area contributed by atoms with Crippen LogP contribution in [0.5, 0.6) is 5.88 Å². The average molecular weight is 491 g/mol. The molecule has 14 heteroatoms. The number of rotatable bonds is 3. The summed E-state index contributed by atoms with van der Waals surface area (Å²) in [6, 6.07) is 4.36. The molecule has 0 aromatic carbocycles. The van der Waals surface area contributed by atoms with Gasteiger partial charge >= 0.3 is 12.5 Å². The van der Waals surface area contributed by atoms with Gasteiger partial charge in [-0.1, -0.05) is 0 Å². The van der Waals surface area contributed by atoms with Crippen LogP contribution >= 0.6 is 0 Å². The lowest BCUT2D eigenvalue weighted by Crippen LogP contribution is -2.18. The fourth-order valence-electron chi connectivity index (χ4n) is 3.08. The molecule has 182 valence electrons. The predicted octanol–water partition coefficient (Wildman–Crippen LogP) is 4.52. The van der Waals surface area contributed by atoms with Crippen molar-refractivity contribution in [2.75, 3.05) is 0 Å². The standard InChI is InChI=1S/C13H11F4N3.C7H5F3N2O2/c14-10-7-18-12(13(15,16)17)6-9(10)11-5-8-3-1-2-4-20(8)19-11;8-7(9,10)14-5-3-4(6(11)13)1-2-12-5/h5-7H,1-4H2;1-3H,(H2,11,13). The number of aromatic nitrogens is 4. The highest BCUT2D eigenvalue weighted by Crippen LogP contribution is 2.32. The Balaban J connectivity index is 0.000000204. The molecule has 0 saturated carbocycles. The average Bonchev–Trinajstić information content (AvgIpc) is 3.16. The van der Waals surface area contributed by atoms with Crippen LogP contribution in [0.25, 0.3) is 11.3 Å². The lowest BCUT2D eigenvalue weighted by molar-refractivity contribution is -0.276. The lowest BCUT2D eigenvalue weighted by Gasteiger charge is -2.11. The summed E-state index contributed by atoms with van der Waals surface area (Å²) in [5.74, 6) is -2.36. The summed E-state index contributed by atoms with van der Waals surface area (Å²) in [6.45, 7) is 0.716. The first kappa shape index (κ1) is 24.9. The molecule has 1 aliphatic rings. The molecule has 0 fully saturated rings. The van der Waals surface area contributed by atoms with Crippen LogP contribution in [0.4, 0.5) is 30.7 Å². The molecular formula is C20H16F7N5O2. The van der Waals surface area contributed by atoms with Gasteiger partial charge in [-0.05, 0) is 37.5 Å². The number of primary amides is 1. The van der Waals surface area contributed by atoms with Crippen molar-refractivity contribution < 1.29 is 40.3 Å². The zero-order valence-corrected chi connectivity index (χ0v) is 17.1. The topological polar surface area (TPSA) is 95.9 Å². The van der Waals surface area contributed by atoms with E-state index in [4.69, 9.17) is 5.73 Å². The van der Waals surface area contributed by atoms with Gasteiger partial charge in [0.25, 0.3) is 0 Å². The summed E-state index contributed by atoms with van der Waals surface area (Å²) in [6.07, 6.45) is -5.03. The van der Waals surface area contributed by atoms with Crippen LogP contribution in [0.1, 0.15) is 34.6 Å².